The fraction of sp³-hybridized carbons (Fsp3) is 0.556. The first-order chi connectivity index (χ1) is 13.3. The van der Waals surface area contributed by atoms with E-state index >= 15 is 0 Å². The summed E-state index contributed by atoms with van der Waals surface area (Å²) in [6, 6.07) is 0. The maximum absolute atomic E-state index is 12.5. The zero-order chi connectivity index (χ0) is 18.2. The van der Waals surface area contributed by atoms with Crippen molar-refractivity contribution in [1.82, 2.24) is 24.9 Å². The van der Waals surface area contributed by atoms with Crippen molar-refractivity contribution in [2.24, 2.45) is 0 Å². The molecule has 1 aliphatic heterocycles. The summed E-state index contributed by atoms with van der Waals surface area (Å²) in [4.78, 5) is 25.5. The van der Waals surface area contributed by atoms with E-state index in [-0.39, 0.29) is 11.7 Å². The second-order valence-electron chi connectivity index (χ2n) is 7.21. The van der Waals surface area contributed by atoms with Gasteiger partial charge in [-0.1, -0.05) is 0 Å². The molecule has 2 N–H and O–H groups in total. The molecular formula is C18H23N6O2S+. The number of aryl methyl sites for hydroxylation is 2. The fourth-order valence-electron chi connectivity index (χ4n) is 3.99. The lowest BCUT2D eigenvalue weighted by Crippen LogP contribution is -3.14. The van der Waals surface area contributed by atoms with Crippen LogP contribution < -0.4 is 10.2 Å². The molecule has 9 heteroatoms. The van der Waals surface area contributed by atoms with E-state index in [0.29, 0.717) is 6.54 Å². The van der Waals surface area contributed by atoms with Gasteiger partial charge in [-0.2, -0.15) is 0 Å². The predicted octanol–water partition coefficient (Wildman–Crippen LogP) is -0.137. The molecule has 0 unspecified atom stereocenters. The zero-order valence-corrected chi connectivity index (χ0v) is 16.0. The van der Waals surface area contributed by atoms with E-state index in [4.69, 9.17) is 4.74 Å². The number of aromatic nitrogens is 4. The van der Waals surface area contributed by atoms with Crippen molar-refractivity contribution in [3.05, 3.63) is 22.6 Å². The highest BCUT2D eigenvalue weighted by atomic mass is 32.1. The minimum atomic E-state index is -0.219. The Balaban J connectivity index is 1.36. The average molecular weight is 387 g/mol. The van der Waals surface area contributed by atoms with Crippen molar-refractivity contribution in [3.63, 3.8) is 0 Å². The summed E-state index contributed by atoms with van der Waals surface area (Å²) in [7, 11) is 0. The van der Waals surface area contributed by atoms with Crippen LogP contribution >= 0.6 is 11.3 Å². The second-order valence-corrected chi connectivity index (χ2v) is 8.29. The molecule has 0 aromatic carbocycles. The van der Waals surface area contributed by atoms with Crippen LogP contribution in [0.25, 0.3) is 15.9 Å². The lowest BCUT2D eigenvalue weighted by Gasteiger charge is -2.23. The van der Waals surface area contributed by atoms with Crippen LogP contribution in [0.4, 0.5) is 0 Å². The van der Waals surface area contributed by atoms with Gasteiger partial charge in [-0.05, 0) is 31.2 Å². The van der Waals surface area contributed by atoms with Gasteiger partial charge in [0, 0.05) is 4.88 Å². The summed E-state index contributed by atoms with van der Waals surface area (Å²) in [5.74, 6) is 0.000596. The van der Waals surface area contributed by atoms with E-state index in [1.807, 2.05) is 0 Å². The molecule has 27 heavy (non-hydrogen) atoms. The standard InChI is InChI=1S/C18H22N6O2S/c25-17(19-5-6-23-7-9-26-10-8-23)15-21-16-14-12-3-1-2-4-13(12)27-18(14)20-11-24(16)22-15/h11H,1-10H2,(H,19,25)/p+1. The summed E-state index contributed by atoms with van der Waals surface area (Å²) >= 11 is 1.76. The van der Waals surface area contributed by atoms with Gasteiger partial charge in [0.15, 0.2) is 5.65 Å². The first-order valence-corrected chi connectivity index (χ1v) is 10.5. The molecule has 8 nitrogen and oxygen atoms in total. The molecule has 5 rings (SSSR count). The normalized spacial score (nSPS) is 18.1. The van der Waals surface area contributed by atoms with Crippen LogP contribution in [0.15, 0.2) is 6.33 Å². The van der Waals surface area contributed by atoms with Gasteiger partial charge < -0.3 is 15.0 Å². The van der Waals surface area contributed by atoms with E-state index in [1.54, 1.807) is 22.2 Å². The van der Waals surface area contributed by atoms with Crippen molar-refractivity contribution in [2.75, 3.05) is 39.4 Å². The highest BCUT2D eigenvalue weighted by molar-refractivity contribution is 7.19. The number of carbonyl (C=O) groups excluding carboxylic acids is 1. The minimum Gasteiger partial charge on any atom is -0.370 e. The summed E-state index contributed by atoms with van der Waals surface area (Å²) in [5, 5.41) is 8.40. The lowest BCUT2D eigenvalue weighted by molar-refractivity contribution is -0.906. The zero-order valence-electron chi connectivity index (χ0n) is 15.2. The molecule has 0 atom stereocenters. The Morgan fingerprint density at radius 2 is 2.15 bits per heavy atom. The van der Waals surface area contributed by atoms with Crippen LogP contribution in [-0.4, -0.2) is 64.9 Å². The number of morpholine rings is 1. The third-order valence-corrected chi connectivity index (χ3v) is 6.66. The van der Waals surface area contributed by atoms with Crippen molar-refractivity contribution < 1.29 is 14.4 Å². The van der Waals surface area contributed by atoms with Gasteiger partial charge in [0.1, 0.15) is 24.2 Å². The molecule has 0 saturated carbocycles. The number of ether oxygens (including phenoxy) is 1. The molecule has 1 fully saturated rings. The molecule has 0 spiro atoms. The van der Waals surface area contributed by atoms with Gasteiger partial charge >= 0.3 is 0 Å². The van der Waals surface area contributed by atoms with Crippen molar-refractivity contribution >= 4 is 33.1 Å². The van der Waals surface area contributed by atoms with E-state index in [1.165, 1.54) is 28.2 Å². The van der Waals surface area contributed by atoms with Crippen LogP contribution in [0.5, 0.6) is 0 Å². The number of rotatable bonds is 4. The highest BCUT2D eigenvalue weighted by Gasteiger charge is 2.22. The quantitative estimate of drug-likeness (QED) is 0.651. The first-order valence-electron chi connectivity index (χ1n) is 9.65. The van der Waals surface area contributed by atoms with Gasteiger partial charge in [0.05, 0.1) is 31.7 Å². The van der Waals surface area contributed by atoms with E-state index in [9.17, 15) is 4.79 Å². The Labute approximate surface area is 160 Å². The predicted molar refractivity (Wildman–Crippen MR) is 102 cm³/mol. The van der Waals surface area contributed by atoms with Crippen LogP contribution in [0.2, 0.25) is 0 Å². The molecule has 1 saturated heterocycles. The molecule has 4 heterocycles. The third kappa shape index (κ3) is 3.19. The largest absolute Gasteiger partial charge is 0.370 e. The van der Waals surface area contributed by atoms with Crippen molar-refractivity contribution in [3.8, 4) is 0 Å². The summed E-state index contributed by atoms with van der Waals surface area (Å²) in [5.41, 5.74) is 2.11. The number of hydrogen-bond acceptors (Lipinski definition) is 6. The molecule has 142 valence electrons. The van der Waals surface area contributed by atoms with Crippen LogP contribution in [0.1, 0.15) is 33.9 Å². The van der Waals surface area contributed by atoms with Crippen LogP contribution in [0.3, 0.4) is 0 Å². The Morgan fingerprint density at radius 1 is 1.30 bits per heavy atom. The Morgan fingerprint density at radius 3 is 3.04 bits per heavy atom. The topological polar surface area (TPSA) is 85.8 Å². The van der Waals surface area contributed by atoms with Gasteiger partial charge in [-0.3, -0.25) is 4.79 Å². The third-order valence-electron chi connectivity index (χ3n) is 5.46. The molecule has 2 aliphatic rings. The highest BCUT2D eigenvalue weighted by Crippen LogP contribution is 2.36. The number of nitrogens with zero attached hydrogens (tertiary/aromatic N) is 4. The maximum atomic E-state index is 12.5. The molecule has 1 amide bonds. The Bertz CT molecular complexity index is 991. The van der Waals surface area contributed by atoms with Gasteiger partial charge in [-0.15, -0.1) is 16.4 Å². The van der Waals surface area contributed by atoms with Crippen LogP contribution in [0, 0.1) is 0 Å². The number of thiophene rings is 1. The minimum absolute atomic E-state index is 0.219. The number of carbonyl (C=O) groups is 1. The SMILES string of the molecule is O=C(NCC[NH+]1CCOCC1)c1nc2c3c4c(sc3ncn2n1)CCCC4. The molecule has 3 aromatic heterocycles. The summed E-state index contributed by atoms with van der Waals surface area (Å²) < 4.78 is 7.01. The number of hydrogen-bond donors (Lipinski definition) is 2. The average Bonchev–Trinajstić information content (AvgIpc) is 3.29. The Hall–Kier alpha value is -2.10. The number of quaternary nitrogens is 1. The maximum Gasteiger partial charge on any atom is 0.291 e. The monoisotopic (exact) mass is 387 g/mol. The first kappa shape index (κ1) is 17.0. The Kier molecular flexibility index (Phi) is 4.50. The molecular weight excluding hydrogens is 364 g/mol. The van der Waals surface area contributed by atoms with Crippen LogP contribution in [-0.2, 0) is 17.6 Å². The molecule has 3 aromatic rings. The van der Waals surface area contributed by atoms with Gasteiger partial charge in [0.2, 0.25) is 5.82 Å². The number of nitrogens with one attached hydrogen (secondary N) is 2. The van der Waals surface area contributed by atoms with Crippen molar-refractivity contribution in [1.29, 1.82) is 0 Å². The number of amides is 1. The smallest absolute Gasteiger partial charge is 0.291 e. The second kappa shape index (κ2) is 7.14. The fourth-order valence-corrected chi connectivity index (χ4v) is 5.22. The summed E-state index contributed by atoms with van der Waals surface area (Å²) in [6.45, 7) is 5.10. The molecule has 1 aliphatic carbocycles. The van der Waals surface area contributed by atoms with E-state index < -0.39 is 0 Å². The lowest BCUT2D eigenvalue weighted by atomic mass is 9.97. The molecule has 0 bridgehead atoms. The molecule has 0 radical (unpaired) electrons. The number of fused-ring (bicyclic) bond motifs is 5. The van der Waals surface area contributed by atoms with E-state index in [0.717, 1.165) is 61.6 Å². The van der Waals surface area contributed by atoms with Crippen molar-refractivity contribution in [2.45, 2.75) is 25.7 Å². The summed E-state index contributed by atoms with van der Waals surface area (Å²) in [6.07, 6.45) is 6.29. The van der Waals surface area contributed by atoms with E-state index in [2.05, 4.69) is 20.4 Å². The van der Waals surface area contributed by atoms with Gasteiger partial charge in [0.25, 0.3) is 5.91 Å². The van der Waals surface area contributed by atoms with Gasteiger partial charge in [-0.25, -0.2) is 14.5 Å².